The highest BCUT2D eigenvalue weighted by atomic mass is 32.2. The molecule has 1 unspecified atom stereocenters. The van der Waals surface area contributed by atoms with Gasteiger partial charge in [0, 0.05) is 16.5 Å². The van der Waals surface area contributed by atoms with E-state index >= 15 is 0 Å². The molecule has 19 heavy (non-hydrogen) atoms. The van der Waals surface area contributed by atoms with E-state index in [4.69, 9.17) is 4.74 Å². The molecule has 0 aliphatic heterocycles. The highest BCUT2D eigenvalue weighted by Gasteiger charge is 2.15. The molecule has 2 aromatic rings. The van der Waals surface area contributed by atoms with E-state index in [9.17, 15) is 9.50 Å². The van der Waals surface area contributed by atoms with Gasteiger partial charge in [0.15, 0.2) is 0 Å². The van der Waals surface area contributed by atoms with E-state index in [2.05, 4.69) is 0 Å². The first-order valence-corrected chi connectivity index (χ1v) is 7.03. The second-order valence-electron chi connectivity index (χ2n) is 4.06. The Kier molecular flexibility index (Phi) is 4.45. The summed E-state index contributed by atoms with van der Waals surface area (Å²) in [5, 5.41) is 10.2. The lowest BCUT2D eigenvalue weighted by atomic mass is 10.0. The standard InChI is InChI=1S/C15H15FO2S/c1-18-11-5-8-13(14(16)9-11)15(17)10-3-6-12(19-2)7-4-10/h3-9,15,17H,1-2H3. The molecule has 1 atom stereocenters. The monoisotopic (exact) mass is 278 g/mol. The first-order chi connectivity index (χ1) is 9.15. The topological polar surface area (TPSA) is 29.5 Å². The number of methoxy groups -OCH3 is 1. The van der Waals surface area contributed by atoms with Crippen LogP contribution in [-0.2, 0) is 0 Å². The number of hydrogen-bond acceptors (Lipinski definition) is 3. The first kappa shape index (κ1) is 13.9. The Balaban J connectivity index is 2.29. The van der Waals surface area contributed by atoms with E-state index in [0.717, 1.165) is 4.90 Å². The third-order valence-corrected chi connectivity index (χ3v) is 3.68. The number of benzene rings is 2. The van der Waals surface area contributed by atoms with Gasteiger partial charge in [-0.25, -0.2) is 4.39 Å². The van der Waals surface area contributed by atoms with Gasteiger partial charge in [0.2, 0.25) is 0 Å². The van der Waals surface area contributed by atoms with Crippen LogP contribution in [0.4, 0.5) is 4.39 Å². The fourth-order valence-corrected chi connectivity index (χ4v) is 2.23. The first-order valence-electron chi connectivity index (χ1n) is 5.81. The molecule has 0 bridgehead atoms. The molecule has 2 nitrogen and oxygen atoms in total. The fourth-order valence-electron chi connectivity index (χ4n) is 1.82. The van der Waals surface area contributed by atoms with Crippen molar-refractivity contribution in [3.05, 3.63) is 59.4 Å². The molecule has 2 rings (SSSR count). The van der Waals surface area contributed by atoms with Crippen LogP contribution in [0.5, 0.6) is 5.75 Å². The second-order valence-corrected chi connectivity index (χ2v) is 4.94. The number of aliphatic hydroxyl groups excluding tert-OH is 1. The largest absolute Gasteiger partial charge is 0.497 e. The van der Waals surface area contributed by atoms with E-state index in [1.165, 1.54) is 13.2 Å². The van der Waals surface area contributed by atoms with Gasteiger partial charge in [-0.2, -0.15) is 0 Å². The lowest BCUT2D eigenvalue weighted by molar-refractivity contribution is 0.214. The predicted octanol–water partition coefficient (Wildman–Crippen LogP) is 3.64. The molecule has 4 heteroatoms. The normalized spacial score (nSPS) is 12.2. The summed E-state index contributed by atoms with van der Waals surface area (Å²) < 4.78 is 18.8. The Morgan fingerprint density at radius 1 is 1.16 bits per heavy atom. The minimum atomic E-state index is -0.971. The average Bonchev–Trinajstić information content (AvgIpc) is 2.46. The van der Waals surface area contributed by atoms with Crippen LogP contribution in [0.15, 0.2) is 47.4 Å². The zero-order chi connectivity index (χ0) is 13.8. The molecule has 0 amide bonds. The lowest BCUT2D eigenvalue weighted by Gasteiger charge is -2.13. The molecule has 0 saturated carbocycles. The van der Waals surface area contributed by atoms with Gasteiger partial charge in [0.1, 0.15) is 17.7 Å². The van der Waals surface area contributed by atoms with E-state index in [1.807, 2.05) is 18.4 Å². The number of hydrogen-bond donors (Lipinski definition) is 1. The zero-order valence-electron chi connectivity index (χ0n) is 10.8. The molecule has 100 valence electrons. The van der Waals surface area contributed by atoms with Crippen molar-refractivity contribution in [1.82, 2.24) is 0 Å². The van der Waals surface area contributed by atoms with Gasteiger partial charge in [-0.3, -0.25) is 0 Å². The van der Waals surface area contributed by atoms with Crippen molar-refractivity contribution in [2.24, 2.45) is 0 Å². The van der Waals surface area contributed by atoms with Crippen LogP contribution in [-0.4, -0.2) is 18.5 Å². The maximum Gasteiger partial charge on any atom is 0.133 e. The quantitative estimate of drug-likeness (QED) is 0.866. The van der Waals surface area contributed by atoms with Crippen molar-refractivity contribution in [1.29, 1.82) is 0 Å². The molecule has 0 spiro atoms. The van der Waals surface area contributed by atoms with Gasteiger partial charge in [-0.05, 0) is 36.1 Å². The van der Waals surface area contributed by atoms with Crippen molar-refractivity contribution in [2.75, 3.05) is 13.4 Å². The van der Waals surface area contributed by atoms with E-state index < -0.39 is 11.9 Å². The summed E-state index contributed by atoms with van der Waals surface area (Å²) in [5.41, 5.74) is 0.916. The highest BCUT2D eigenvalue weighted by Crippen LogP contribution is 2.28. The Morgan fingerprint density at radius 3 is 2.37 bits per heavy atom. The maximum absolute atomic E-state index is 13.9. The zero-order valence-corrected chi connectivity index (χ0v) is 11.6. The van der Waals surface area contributed by atoms with Crippen LogP contribution >= 0.6 is 11.8 Å². The van der Waals surface area contributed by atoms with Gasteiger partial charge in [0.05, 0.1) is 7.11 Å². The molecular weight excluding hydrogens is 263 g/mol. The lowest BCUT2D eigenvalue weighted by Crippen LogP contribution is -2.02. The Hall–Kier alpha value is -1.52. The third kappa shape index (κ3) is 3.08. The summed E-state index contributed by atoms with van der Waals surface area (Å²) in [5.74, 6) is -0.0352. The van der Waals surface area contributed by atoms with Crippen molar-refractivity contribution < 1.29 is 14.2 Å². The van der Waals surface area contributed by atoms with E-state index in [1.54, 1.807) is 36.0 Å². The third-order valence-electron chi connectivity index (χ3n) is 2.93. The number of halogens is 1. The molecule has 0 aromatic heterocycles. The molecule has 0 radical (unpaired) electrons. The van der Waals surface area contributed by atoms with Crippen molar-refractivity contribution in [3.8, 4) is 5.75 Å². The number of thioether (sulfide) groups is 1. The van der Waals surface area contributed by atoms with Crippen LogP contribution in [0.2, 0.25) is 0 Å². The summed E-state index contributed by atoms with van der Waals surface area (Å²) in [4.78, 5) is 1.10. The summed E-state index contributed by atoms with van der Waals surface area (Å²) in [6.07, 6.45) is 1.01. The minimum Gasteiger partial charge on any atom is -0.497 e. The van der Waals surface area contributed by atoms with Gasteiger partial charge in [-0.1, -0.05) is 12.1 Å². The molecule has 0 fully saturated rings. The van der Waals surface area contributed by atoms with Gasteiger partial charge in [-0.15, -0.1) is 11.8 Å². The minimum absolute atomic E-state index is 0.248. The van der Waals surface area contributed by atoms with Crippen LogP contribution in [0.25, 0.3) is 0 Å². The highest BCUT2D eigenvalue weighted by molar-refractivity contribution is 7.98. The number of ether oxygens (including phenoxy) is 1. The molecular formula is C15H15FO2S. The second kappa shape index (κ2) is 6.08. The average molecular weight is 278 g/mol. The SMILES string of the molecule is COc1ccc(C(O)c2ccc(SC)cc2)c(F)c1. The van der Waals surface area contributed by atoms with Crippen molar-refractivity contribution >= 4 is 11.8 Å². The summed E-state index contributed by atoms with van der Waals surface area (Å²) in [6, 6.07) is 11.9. The van der Waals surface area contributed by atoms with E-state index in [-0.39, 0.29) is 5.56 Å². The summed E-state index contributed by atoms with van der Waals surface area (Å²) >= 11 is 1.62. The summed E-state index contributed by atoms with van der Waals surface area (Å²) in [6.45, 7) is 0. The Bertz CT molecular complexity index is 555. The number of rotatable bonds is 4. The Morgan fingerprint density at radius 2 is 1.84 bits per heavy atom. The van der Waals surface area contributed by atoms with Crippen LogP contribution in [0, 0.1) is 5.82 Å². The Labute approximate surface area is 116 Å². The maximum atomic E-state index is 13.9. The molecule has 0 heterocycles. The van der Waals surface area contributed by atoms with E-state index in [0.29, 0.717) is 11.3 Å². The van der Waals surface area contributed by atoms with Crippen LogP contribution < -0.4 is 4.74 Å². The van der Waals surface area contributed by atoms with Crippen molar-refractivity contribution in [2.45, 2.75) is 11.0 Å². The molecule has 0 saturated heterocycles. The van der Waals surface area contributed by atoms with Crippen LogP contribution in [0.3, 0.4) is 0 Å². The van der Waals surface area contributed by atoms with Crippen molar-refractivity contribution in [3.63, 3.8) is 0 Å². The van der Waals surface area contributed by atoms with Crippen LogP contribution in [0.1, 0.15) is 17.2 Å². The number of aliphatic hydroxyl groups is 1. The predicted molar refractivity (Wildman–Crippen MR) is 75.2 cm³/mol. The smallest absolute Gasteiger partial charge is 0.133 e. The molecule has 2 aromatic carbocycles. The fraction of sp³-hybridized carbons (Fsp3) is 0.200. The van der Waals surface area contributed by atoms with Gasteiger partial charge >= 0.3 is 0 Å². The molecule has 0 aliphatic rings. The van der Waals surface area contributed by atoms with Gasteiger partial charge < -0.3 is 9.84 Å². The van der Waals surface area contributed by atoms with Gasteiger partial charge in [0.25, 0.3) is 0 Å². The summed E-state index contributed by atoms with van der Waals surface area (Å²) in [7, 11) is 1.48. The molecule has 0 aliphatic carbocycles. The molecule has 1 N–H and O–H groups in total.